The third-order valence-corrected chi connectivity index (χ3v) is 4.49. The van der Waals surface area contributed by atoms with Gasteiger partial charge in [0.05, 0.1) is 0 Å². The van der Waals surface area contributed by atoms with E-state index in [2.05, 4.69) is 48.3 Å². The lowest BCUT2D eigenvalue weighted by Crippen LogP contribution is -2.32. The second-order valence-corrected chi connectivity index (χ2v) is 5.57. The zero-order chi connectivity index (χ0) is 13.7. The molecule has 0 spiro atoms. The molecule has 1 aromatic carbocycles. The average Bonchev–Trinajstić information content (AvgIpc) is 2.97. The van der Waals surface area contributed by atoms with Gasteiger partial charge in [-0.15, -0.1) is 0 Å². The fourth-order valence-electron chi connectivity index (χ4n) is 3.37. The van der Waals surface area contributed by atoms with E-state index in [0.29, 0.717) is 6.04 Å². The van der Waals surface area contributed by atoms with Crippen LogP contribution >= 0.6 is 0 Å². The molecule has 0 saturated heterocycles. The number of rotatable bonds is 6. The molecule has 0 amide bonds. The summed E-state index contributed by atoms with van der Waals surface area (Å²) in [6, 6.07) is 10.4. The van der Waals surface area contributed by atoms with E-state index in [-0.39, 0.29) is 0 Å². The number of nitrogens with one attached hydrogen (secondary N) is 1. The fourth-order valence-corrected chi connectivity index (χ4v) is 3.37. The van der Waals surface area contributed by atoms with E-state index >= 15 is 0 Å². The van der Waals surface area contributed by atoms with Crippen molar-refractivity contribution in [3.8, 4) is 0 Å². The van der Waals surface area contributed by atoms with Crippen LogP contribution in [0.5, 0.6) is 0 Å². The van der Waals surface area contributed by atoms with Crippen molar-refractivity contribution in [2.45, 2.75) is 58.0 Å². The van der Waals surface area contributed by atoms with Crippen LogP contribution in [0.1, 0.15) is 57.6 Å². The summed E-state index contributed by atoms with van der Waals surface area (Å²) < 4.78 is 0. The number of hydrogen-bond acceptors (Lipinski definition) is 2. The molecule has 2 nitrogen and oxygen atoms in total. The van der Waals surface area contributed by atoms with Crippen LogP contribution in [0.2, 0.25) is 0 Å². The van der Waals surface area contributed by atoms with E-state index < -0.39 is 0 Å². The van der Waals surface area contributed by atoms with Gasteiger partial charge in [0.25, 0.3) is 0 Å². The first-order valence-electron chi connectivity index (χ1n) is 7.84. The smallest absolute Gasteiger partial charge is 0.0368 e. The van der Waals surface area contributed by atoms with Crippen LogP contribution < -0.4 is 10.2 Å². The van der Waals surface area contributed by atoms with E-state index in [0.717, 1.165) is 19.0 Å². The average molecular weight is 260 g/mol. The highest BCUT2D eigenvalue weighted by atomic mass is 15.2. The van der Waals surface area contributed by atoms with Gasteiger partial charge in [0.2, 0.25) is 0 Å². The highest BCUT2D eigenvalue weighted by molar-refractivity contribution is 5.49. The van der Waals surface area contributed by atoms with Crippen LogP contribution in [0.4, 0.5) is 5.69 Å². The van der Waals surface area contributed by atoms with Crippen LogP contribution in [0, 0.1) is 0 Å². The van der Waals surface area contributed by atoms with Crippen molar-refractivity contribution >= 4 is 5.69 Å². The molecule has 1 aliphatic rings. The largest absolute Gasteiger partial charge is 0.369 e. The number of hydrogen-bond donors (Lipinski definition) is 1. The Kier molecular flexibility index (Phi) is 5.26. The van der Waals surface area contributed by atoms with Crippen molar-refractivity contribution in [2.24, 2.45) is 0 Å². The molecule has 0 radical (unpaired) electrons. The summed E-state index contributed by atoms with van der Waals surface area (Å²) in [7, 11) is 2.04. The minimum atomic E-state index is 0.482. The maximum absolute atomic E-state index is 3.37. The molecule has 1 N–H and O–H groups in total. The van der Waals surface area contributed by atoms with Crippen LogP contribution in [0.3, 0.4) is 0 Å². The molecule has 1 saturated carbocycles. The van der Waals surface area contributed by atoms with Crippen molar-refractivity contribution in [1.82, 2.24) is 5.32 Å². The molecule has 0 aliphatic heterocycles. The fraction of sp³-hybridized carbons (Fsp3) is 0.647. The van der Waals surface area contributed by atoms with Gasteiger partial charge in [-0.2, -0.15) is 0 Å². The van der Waals surface area contributed by atoms with Gasteiger partial charge in [-0.25, -0.2) is 0 Å². The Morgan fingerprint density at radius 1 is 1.16 bits per heavy atom. The lowest BCUT2D eigenvalue weighted by atomic mass is 10.0. The van der Waals surface area contributed by atoms with Gasteiger partial charge in [0.15, 0.2) is 0 Å². The van der Waals surface area contributed by atoms with Gasteiger partial charge in [-0.05, 0) is 50.9 Å². The SMILES string of the molecule is CCC(NC)c1ccc(N(CC)C2CCCC2)cc1. The zero-order valence-electron chi connectivity index (χ0n) is 12.7. The Labute approximate surface area is 118 Å². The first kappa shape index (κ1) is 14.4. The highest BCUT2D eigenvalue weighted by Gasteiger charge is 2.21. The summed E-state index contributed by atoms with van der Waals surface area (Å²) in [6.07, 6.45) is 6.66. The molecule has 1 unspecified atom stereocenters. The molecule has 1 fully saturated rings. The molecule has 106 valence electrons. The molecule has 0 heterocycles. The quantitative estimate of drug-likeness (QED) is 0.827. The molecule has 19 heavy (non-hydrogen) atoms. The standard InChI is InChI=1S/C17H28N2/c1-4-17(18-3)14-10-12-16(13-11-14)19(5-2)15-8-6-7-9-15/h10-13,15,17-18H,4-9H2,1-3H3. The third-order valence-electron chi connectivity index (χ3n) is 4.49. The lowest BCUT2D eigenvalue weighted by molar-refractivity contribution is 0.576. The van der Waals surface area contributed by atoms with Crippen LogP contribution in [0.15, 0.2) is 24.3 Å². The van der Waals surface area contributed by atoms with Crippen molar-refractivity contribution in [2.75, 3.05) is 18.5 Å². The molecule has 0 bridgehead atoms. The van der Waals surface area contributed by atoms with Crippen LogP contribution in [-0.2, 0) is 0 Å². The Bertz CT molecular complexity index is 361. The van der Waals surface area contributed by atoms with Crippen molar-refractivity contribution < 1.29 is 0 Å². The summed E-state index contributed by atoms with van der Waals surface area (Å²) in [5.41, 5.74) is 2.79. The molecule has 0 aromatic heterocycles. The molecule has 2 rings (SSSR count). The maximum Gasteiger partial charge on any atom is 0.0368 e. The minimum absolute atomic E-state index is 0.482. The number of anilines is 1. The Hall–Kier alpha value is -1.02. The van der Waals surface area contributed by atoms with E-state index in [1.54, 1.807) is 0 Å². The summed E-state index contributed by atoms with van der Waals surface area (Å²) in [6.45, 7) is 5.62. The third kappa shape index (κ3) is 3.30. The van der Waals surface area contributed by atoms with Gasteiger partial charge < -0.3 is 10.2 Å². The minimum Gasteiger partial charge on any atom is -0.369 e. The van der Waals surface area contributed by atoms with Crippen LogP contribution in [-0.4, -0.2) is 19.6 Å². The van der Waals surface area contributed by atoms with Gasteiger partial charge in [0, 0.05) is 24.3 Å². The summed E-state index contributed by atoms with van der Waals surface area (Å²) in [4.78, 5) is 2.58. The number of benzene rings is 1. The predicted octanol–water partition coefficient (Wildman–Crippen LogP) is 4.13. The molecule has 1 aliphatic carbocycles. The number of nitrogens with zero attached hydrogens (tertiary/aromatic N) is 1. The predicted molar refractivity (Wildman–Crippen MR) is 83.8 cm³/mol. The van der Waals surface area contributed by atoms with Crippen molar-refractivity contribution in [1.29, 1.82) is 0 Å². The Morgan fingerprint density at radius 2 is 1.79 bits per heavy atom. The molecule has 1 atom stereocenters. The molecule has 1 aromatic rings. The molecular weight excluding hydrogens is 232 g/mol. The Morgan fingerprint density at radius 3 is 2.26 bits per heavy atom. The normalized spacial score (nSPS) is 17.6. The molecule has 2 heteroatoms. The summed E-state index contributed by atoms with van der Waals surface area (Å²) in [5, 5.41) is 3.37. The second-order valence-electron chi connectivity index (χ2n) is 5.57. The van der Waals surface area contributed by atoms with Crippen molar-refractivity contribution in [3.05, 3.63) is 29.8 Å². The van der Waals surface area contributed by atoms with Gasteiger partial charge in [0.1, 0.15) is 0 Å². The van der Waals surface area contributed by atoms with Crippen LogP contribution in [0.25, 0.3) is 0 Å². The van der Waals surface area contributed by atoms with Crippen molar-refractivity contribution in [3.63, 3.8) is 0 Å². The summed E-state index contributed by atoms with van der Waals surface area (Å²) in [5.74, 6) is 0. The summed E-state index contributed by atoms with van der Waals surface area (Å²) >= 11 is 0. The van der Waals surface area contributed by atoms with Gasteiger partial charge >= 0.3 is 0 Å². The van der Waals surface area contributed by atoms with E-state index in [9.17, 15) is 0 Å². The zero-order valence-corrected chi connectivity index (χ0v) is 12.7. The first-order chi connectivity index (χ1) is 9.30. The lowest BCUT2D eigenvalue weighted by Gasteiger charge is -2.30. The highest BCUT2D eigenvalue weighted by Crippen LogP contribution is 2.29. The first-order valence-corrected chi connectivity index (χ1v) is 7.84. The van der Waals surface area contributed by atoms with E-state index in [1.807, 2.05) is 7.05 Å². The van der Waals surface area contributed by atoms with Gasteiger partial charge in [-0.1, -0.05) is 31.9 Å². The second kappa shape index (κ2) is 6.95. The molecular formula is C17H28N2. The topological polar surface area (TPSA) is 15.3 Å². The maximum atomic E-state index is 3.37. The monoisotopic (exact) mass is 260 g/mol. The Balaban J connectivity index is 2.11. The van der Waals surface area contributed by atoms with Gasteiger partial charge in [-0.3, -0.25) is 0 Å². The van der Waals surface area contributed by atoms with E-state index in [1.165, 1.54) is 36.9 Å². The van der Waals surface area contributed by atoms with E-state index in [4.69, 9.17) is 0 Å².